The Bertz CT molecular complexity index is 902. The van der Waals surface area contributed by atoms with E-state index in [1.807, 2.05) is 20.9 Å². The van der Waals surface area contributed by atoms with Gasteiger partial charge in [0, 0.05) is 42.8 Å². The van der Waals surface area contributed by atoms with E-state index in [-0.39, 0.29) is 11.7 Å². The first-order valence-electron chi connectivity index (χ1n) is 8.41. The second-order valence-corrected chi connectivity index (χ2v) is 7.05. The molecule has 1 aromatic carbocycles. The number of imidazole rings is 1. The first kappa shape index (κ1) is 16.2. The number of thiazole rings is 1. The first-order valence-corrected chi connectivity index (χ1v) is 9.29. The Morgan fingerprint density at radius 3 is 2.96 bits per heavy atom. The Morgan fingerprint density at radius 1 is 1.40 bits per heavy atom. The molecule has 2 aromatic heterocycles. The molecule has 0 saturated carbocycles. The predicted molar refractivity (Wildman–Crippen MR) is 96.4 cm³/mol. The van der Waals surface area contributed by atoms with E-state index in [0.29, 0.717) is 18.3 Å². The van der Waals surface area contributed by atoms with Crippen molar-refractivity contribution in [1.29, 1.82) is 0 Å². The van der Waals surface area contributed by atoms with Crippen molar-refractivity contribution in [2.75, 3.05) is 19.6 Å². The van der Waals surface area contributed by atoms with E-state index in [0.717, 1.165) is 35.7 Å². The monoisotopic (exact) mass is 358 g/mol. The number of fused-ring (bicyclic) bond motifs is 1. The fourth-order valence-electron chi connectivity index (χ4n) is 3.14. The van der Waals surface area contributed by atoms with E-state index in [4.69, 9.17) is 0 Å². The van der Waals surface area contributed by atoms with E-state index in [1.54, 1.807) is 12.1 Å². The molecule has 0 bridgehead atoms. The van der Waals surface area contributed by atoms with Crippen molar-refractivity contribution >= 4 is 22.2 Å². The summed E-state index contributed by atoms with van der Waals surface area (Å²) < 4.78 is 14.9. The molecule has 1 unspecified atom stereocenters. The van der Waals surface area contributed by atoms with E-state index in [1.165, 1.54) is 23.5 Å². The zero-order chi connectivity index (χ0) is 17.4. The zero-order valence-electron chi connectivity index (χ0n) is 13.9. The second kappa shape index (κ2) is 6.57. The smallest absolute Gasteiger partial charge is 0.271 e. The van der Waals surface area contributed by atoms with Crippen molar-refractivity contribution < 1.29 is 9.18 Å². The lowest BCUT2D eigenvalue weighted by molar-refractivity contribution is 0.0695. The summed E-state index contributed by atoms with van der Waals surface area (Å²) in [5, 5.41) is 5.29. The molecule has 1 amide bonds. The van der Waals surface area contributed by atoms with Gasteiger partial charge in [0.05, 0.1) is 5.69 Å². The van der Waals surface area contributed by atoms with Crippen molar-refractivity contribution in [3.63, 3.8) is 0 Å². The summed E-state index contributed by atoms with van der Waals surface area (Å²) in [6, 6.07) is 6.59. The molecular weight excluding hydrogens is 339 g/mol. The summed E-state index contributed by atoms with van der Waals surface area (Å²) in [5.41, 5.74) is 2.22. The summed E-state index contributed by atoms with van der Waals surface area (Å²) in [6.45, 7) is 4.39. The van der Waals surface area contributed by atoms with E-state index in [2.05, 4.69) is 17.2 Å². The highest BCUT2D eigenvalue weighted by Crippen LogP contribution is 2.25. The van der Waals surface area contributed by atoms with Crippen LogP contribution >= 0.6 is 11.3 Å². The average molecular weight is 358 g/mol. The van der Waals surface area contributed by atoms with Crippen molar-refractivity contribution in [2.45, 2.75) is 19.4 Å². The number of halogens is 1. The number of amides is 1. The molecule has 3 aromatic rings. The molecule has 7 heteroatoms. The van der Waals surface area contributed by atoms with Gasteiger partial charge in [0.25, 0.3) is 5.91 Å². The number of nitrogens with zero attached hydrogens (tertiary/aromatic N) is 3. The first-order chi connectivity index (χ1) is 12.2. The van der Waals surface area contributed by atoms with Crippen LogP contribution < -0.4 is 5.32 Å². The normalized spacial score (nSPS) is 18.0. The number of nitrogens with one attached hydrogen (secondary N) is 1. The number of aromatic nitrogens is 2. The number of piperazine rings is 1. The van der Waals surface area contributed by atoms with Crippen LogP contribution in [0.15, 0.2) is 35.8 Å². The van der Waals surface area contributed by atoms with Gasteiger partial charge in [0.15, 0.2) is 4.96 Å². The SMILES string of the molecule is CCC1CN(C(=O)c2csc3nc(-c4ccc(F)cc4)cn23)CCN1. The van der Waals surface area contributed by atoms with Gasteiger partial charge in [0.1, 0.15) is 11.5 Å². The molecule has 1 atom stereocenters. The highest BCUT2D eigenvalue weighted by atomic mass is 32.1. The fourth-order valence-corrected chi connectivity index (χ4v) is 3.99. The largest absolute Gasteiger partial charge is 0.335 e. The van der Waals surface area contributed by atoms with E-state index in [9.17, 15) is 9.18 Å². The van der Waals surface area contributed by atoms with Gasteiger partial charge < -0.3 is 10.2 Å². The van der Waals surface area contributed by atoms with Crippen LogP contribution in [0.4, 0.5) is 4.39 Å². The summed E-state index contributed by atoms with van der Waals surface area (Å²) in [7, 11) is 0. The maximum atomic E-state index is 13.1. The highest BCUT2D eigenvalue weighted by molar-refractivity contribution is 7.15. The minimum Gasteiger partial charge on any atom is -0.335 e. The van der Waals surface area contributed by atoms with Crippen LogP contribution in [0, 0.1) is 5.82 Å². The van der Waals surface area contributed by atoms with Crippen LogP contribution in [0.3, 0.4) is 0 Å². The van der Waals surface area contributed by atoms with Crippen LogP contribution in [0.1, 0.15) is 23.8 Å². The molecule has 1 aliphatic heterocycles. The summed E-state index contributed by atoms with van der Waals surface area (Å²) >= 11 is 1.45. The second-order valence-electron chi connectivity index (χ2n) is 6.22. The van der Waals surface area contributed by atoms with Gasteiger partial charge in [-0.1, -0.05) is 6.92 Å². The van der Waals surface area contributed by atoms with E-state index < -0.39 is 0 Å². The molecule has 0 radical (unpaired) electrons. The molecule has 4 rings (SSSR count). The van der Waals surface area contributed by atoms with Gasteiger partial charge in [-0.25, -0.2) is 9.37 Å². The van der Waals surface area contributed by atoms with Crippen molar-refractivity contribution in [3.05, 3.63) is 47.4 Å². The highest BCUT2D eigenvalue weighted by Gasteiger charge is 2.25. The molecule has 0 aliphatic carbocycles. The zero-order valence-corrected chi connectivity index (χ0v) is 14.7. The predicted octanol–water partition coefficient (Wildman–Crippen LogP) is 3.03. The topological polar surface area (TPSA) is 49.6 Å². The Hall–Kier alpha value is -2.25. The minimum atomic E-state index is -0.273. The quantitative estimate of drug-likeness (QED) is 0.783. The summed E-state index contributed by atoms with van der Waals surface area (Å²) in [5.74, 6) is -0.237. The maximum absolute atomic E-state index is 13.1. The molecule has 0 spiro atoms. The molecule has 1 fully saturated rings. The summed E-state index contributed by atoms with van der Waals surface area (Å²) in [4.78, 5) is 20.2. The molecule has 5 nitrogen and oxygen atoms in total. The van der Waals surface area contributed by atoms with Crippen LogP contribution in [-0.4, -0.2) is 45.9 Å². The van der Waals surface area contributed by atoms with Crippen molar-refractivity contribution in [1.82, 2.24) is 19.6 Å². The number of carbonyl (C=O) groups is 1. The van der Waals surface area contributed by atoms with Gasteiger partial charge in [-0.15, -0.1) is 11.3 Å². The van der Waals surface area contributed by atoms with Gasteiger partial charge in [-0.2, -0.15) is 0 Å². The Labute approximate surface area is 149 Å². The fraction of sp³-hybridized carbons (Fsp3) is 0.333. The van der Waals surface area contributed by atoms with Crippen LogP contribution in [0.2, 0.25) is 0 Å². The lowest BCUT2D eigenvalue weighted by atomic mass is 10.1. The van der Waals surface area contributed by atoms with Gasteiger partial charge in [0.2, 0.25) is 0 Å². The number of hydrogen-bond acceptors (Lipinski definition) is 4. The van der Waals surface area contributed by atoms with Gasteiger partial charge in [-0.05, 0) is 30.7 Å². The van der Waals surface area contributed by atoms with Crippen molar-refractivity contribution in [2.24, 2.45) is 0 Å². The number of carbonyl (C=O) groups excluding carboxylic acids is 1. The third-order valence-electron chi connectivity index (χ3n) is 4.60. The standard InChI is InChI=1S/C18H19FN4OS/c1-2-14-9-22(8-7-20-14)17(24)16-11-25-18-21-15(10-23(16)18)12-3-5-13(19)6-4-12/h3-6,10-11,14,20H,2,7-9H2,1H3. The average Bonchev–Trinajstić information content (AvgIpc) is 3.22. The summed E-state index contributed by atoms with van der Waals surface area (Å²) in [6.07, 6.45) is 2.86. The third kappa shape index (κ3) is 3.05. The lowest BCUT2D eigenvalue weighted by Gasteiger charge is -2.33. The Morgan fingerprint density at radius 2 is 2.20 bits per heavy atom. The molecule has 130 valence electrons. The lowest BCUT2D eigenvalue weighted by Crippen LogP contribution is -2.52. The van der Waals surface area contributed by atoms with Gasteiger partial charge >= 0.3 is 0 Å². The number of benzene rings is 1. The minimum absolute atomic E-state index is 0.0363. The van der Waals surface area contributed by atoms with Crippen LogP contribution in [0.5, 0.6) is 0 Å². The number of hydrogen-bond donors (Lipinski definition) is 1. The van der Waals surface area contributed by atoms with Crippen LogP contribution in [-0.2, 0) is 0 Å². The molecule has 25 heavy (non-hydrogen) atoms. The molecular formula is C18H19FN4OS. The third-order valence-corrected chi connectivity index (χ3v) is 5.44. The Kier molecular flexibility index (Phi) is 4.27. The van der Waals surface area contributed by atoms with Crippen molar-refractivity contribution in [3.8, 4) is 11.3 Å². The molecule has 1 aliphatic rings. The van der Waals surface area contributed by atoms with Crippen LogP contribution in [0.25, 0.3) is 16.2 Å². The maximum Gasteiger partial charge on any atom is 0.271 e. The molecule has 1 saturated heterocycles. The van der Waals surface area contributed by atoms with Gasteiger partial charge in [-0.3, -0.25) is 9.20 Å². The molecule has 1 N–H and O–H groups in total. The van der Waals surface area contributed by atoms with E-state index >= 15 is 0 Å². The molecule has 3 heterocycles. The Balaban J connectivity index is 1.64. The number of rotatable bonds is 3.